The summed E-state index contributed by atoms with van der Waals surface area (Å²) in [7, 11) is 0. The first kappa shape index (κ1) is 10.0. The first-order chi connectivity index (χ1) is 7.07. The number of hydrogen-bond donors (Lipinski definition) is 1. The number of aromatic nitrogens is 1. The summed E-state index contributed by atoms with van der Waals surface area (Å²) in [5.41, 5.74) is 4.12. The van der Waals surface area contributed by atoms with Crippen LogP contribution in [0.1, 0.15) is 26.3 Å². The molecule has 1 aromatic heterocycles. The molecule has 0 fully saturated rings. The van der Waals surface area contributed by atoms with Crippen LogP contribution in [0.15, 0.2) is 42.7 Å². The third-order valence-electron chi connectivity index (χ3n) is 2.66. The maximum absolute atomic E-state index is 3.09. The Balaban J connectivity index is 2.44. The summed E-state index contributed by atoms with van der Waals surface area (Å²) in [4.78, 5) is 3.09. The van der Waals surface area contributed by atoms with Gasteiger partial charge in [-0.3, -0.25) is 0 Å². The summed E-state index contributed by atoms with van der Waals surface area (Å²) in [5, 5.41) is 0. The van der Waals surface area contributed by atoms with Gasteiger partial charge in [0.25, 0.3) is 0 Å². The minimum absolute atomic E-state index is 0.215. The minimum atomic E-state index is 0.215. The molecule has 1 heterocycles. The van der Waals surface area contributed by atoms with Crippen LogP contribution in [-0.2, 0) is 5.41 Å². The Morgan fingerprint density at radius 3 is 2.40 bits per heavy atom. The van der Waals surface area contributed by atoms with E-state index < -0.39 is 0 Å². The van der Waals surface area contributed by atoms with Gasteiger partial charge in [0.1, 0.15) is 0 Å². The molecule has 1 N–H and O–H groups in total. The van der Waals surface area contributed by atoms with Gasteiger partial charge in [0.05, 0.1) is 0 Å². The second kappa shape index (κ2) is 3.58. The molecule has 1 heteroatoms. The molecule has 15 heavy (non-hydrogen) atoms. The Hall–Kier alpha value is -1.50. The van der Waals surface area contributed by atoms with Crippen molar-refractivity contribution in [2.75, 3.05) is 0 Å². The zero-order valence-electron chi connectivity index (χ0n) is 9.54. The molecule has 0 aliphatic rings. The zero-order valence-corrected chi connectivity index (χ0v) is 9.54. The quantitative estimate of drug-likeness (QED) is 0.715. The molecule has 0 atom stereocenters. The topological polar surface area (TPSA) is 15.8 Å². The summed E-state index contributed by atoms with van der Waals surface area (Å²) in [5.74, 6) is 0. The van der Waals surface area contributed by atoms with E-state index in [1.54, 1.807) is 0 Å². The van der Waals surface area contributed by atoms with Crippen molar-refractivity contribution in [3.63, 3.8) is 0 Å². The fourth-order valence-corrected chi connectivity index (χ4v) is 1.67. The smallest absolute Gasteiger partial charge is 0.00841 e. The van der Waals surface area contributed by atoms with Gasteiger partial charge in [-0.05, 0) is 28.2 Å². The normalized spacial score (nSPS) is 11.7. The van der Waals surface area contributed by atoms with Gasteiger partial charge >= 0.3 is 0 Å². The maximum atomic E-state index is 3.09. The first-order valence-corrected chi connectivity index (χ1v) is 5.31. The lowest BCUT2D eigenvalue weighted by Crippen LogP contribution is -2.10. The SMILES string of the molecule is CC(C)(C)c1cccc(-c2cc[nH]c2)c1. The Bertz CT molecular complexity index is 433. The standard InChI is InChI=1S/C14H17N/c1-14(2,3)13-6-4-5-11(9-13)12-7-8-15-10-12/h4-10,15H,1-3H3. The van der Waals surface area contributed by atoms with E-state index in [1.165, 1.54) is 16.7 Å². The summed E-state index contributed by atoms with van der Waals surface area (Å²) in [6, 6.07) is 10.8. The Morgan fingerprint density at radius 2 is 1.80 bits per heavy atom. The number of benzene rings is 1. The number of hydrogen-bond acceptors (Lipinski definition) is 0. The van der Waals surface area contributed by atoms with Crippen LogP contribution in [0.5, 0.6) is 0 Å². The van der Waals surface area contributed by atoms with Crippen LogP contribution in [0.4, 0.5) is 0 Å². The summed E-state index contributed by atoms with van der Waals surface area (Å²) >= 11 is 0. The third-order valence-corrected chi connectivity index (χ3v) is 2.66. The maximum Gasteiger partial charge on any atom is 0.00841 e. The molecule has 0 bridgehead atoms. The highest BCUT2D eigenvalue weighted by Crippen LogP contribution is 2.27. The van der Waals surface area contributed by atoms with Gasteiger partial charge in [0.15, 0.2) is 0 Å². The first-order valence-electron chi connectivity index (χ1n) is 5.31. The third kappa shape index (κ3) is 2.12. The van der Waals surface area contributed by atoms with Gasteiger partial charge in [-0.15, -0.1) is 0 Å². The molecular formula is C14H17N. The molecule has 2 rings (SSSR count). The van der Waals surface area contributed by atoms with Crippen LogP contribution in [0.2, 0.25) is 0 Å². The van der Waals surface area contributed by atoms with Crippen LogP contribution < -0.4 is 0 Å². The molecule has 0 aliphatic carbocycles. The summed E-state index contributed by atoms with van der Waals surface area (Å²) in [6.07, 6.45) is 3.99. The molecule has 0 saturated heterocycles. The van der Waals surface area contributed by atoms with E-state index in [1.807, 2.05) is 12.4 Å². The molecule has 0 amide bonds. The highest BCUT2D eigenvalue weighted by molar-refractivity contribution is 5.63. The van der Waals surface area contributed by atoms with Gasteiger partial charge in [0, 0.05) is 12.4 Å². The van der Waals surface area contributed by atoms with Crippen molar-refractivity contribution in [2.24, 2.45) is 0 Å². The van der Waals surface area contributed by atoms with E-state index in [-0.39, 0.29) is 5.41 Å². The number of aromatic amines is 1. The molecular weight excluding hydrogens is 182 g/mol. The average Bonchev–Trinajstić information content (AvgIpc) is 2.69. The van der Waals surface area contributed by atoms with Crippen molar-refractivity contribution < 1.29 is 0 Å². The molecule has 0 aliphatic heterocycles. The predicted octanol–water partition coefficient (Wildman–Crippen LogP) is 3.98. The fourth-order valence-electron chi connectivity index (χ4n) is 1.67. The van der Waals surface area contributed by atoms with E-state index in [2.05, 4.69) is 56.1 Å². The van der Waals surface area contributed by atoms with E-state index in [0.717, 1.165) is 0 Å². The van der Waals surface area contributed by atoms with Crippen molar-refractivity contribution in [1.82, 2.24) is 4.98 Å². The summed E-state index contributed by atoms with van der Waals surface area (Å²) in [6.45, 7) is 6.72. The molecule has 0 spiro atoms. The predicted molar refractivity (Wildman–Crippen MR) is 64.9 cm³/mol. The Morgan fingerprint density at radius 1 is 1.00 bits per heavy atom. The molecule has 0 unspecified atom stereocenters. The lowest BCUT2D eigenvalue weighted by molar-refractivity contribution is 0.590. The Kier molecular flexibility index (Phi) is 2.39. The van der Waals surface area contributed by atoms with Crippen LogP contribution in [0.3, 0.4) is 0 Å². The fraction of sp³-hybridized carbons (Fsp3) is 0.286. The molecule has 1 aromatic carbocycles. The van der Waals surface area contributed by atoms with Crippen molar-refractivity contribution in [2.45, 2.75) is 26.2 Å². The molecule has 78 valence electrons. The lowest BCUT2D eigenvalue weighted by atomic mass is 9.86. The average molecular weight is 199 g/mol. The largest absolute Gasteiger partial charge is 0.367 e. The van der Waals surface area contributed by atoms with E-state index in [9.17, 15) is 0 Å². The molecule has 2 aromatic rings. The van der Waals surface area contributed by atoms with Crippen molar-refractivity contribution in [1.29, 1.82) is 0 Å². The number of H-pyrrole nitrogens is 1. The van der Waals surface area contributed by atoms with Gasteiger partial charge in [-0.2, -0.15) is 0 Å². The van der Waals surface area contributed by atoms with E-state index in [0.29, 0.717) is 0 Å². The van der Waals surface area contributed by atoms with E-state index >= 15 is 0 Å². The van der Waals surface area contributed by atoms with Gasteiger partial charge in [0.2, 0.25) is 0 Å². The van der Waals surface area contributed by atoms with Gasteiger partial charge < -0.3 is 4.98 Å². The van der Waals surface area contributed by atoms with Crippen molar-refractivity contribution >= 4 is 0 Å². The second-order valence-corrected chi connectivity index (χ2v) is 4.93. The second-order valence-electron chi connectivity index (χ2n) is 4.93. The van der Waals surface area contributed by atoms with Crippen LogP contribution in [0, 0.1) is 0 Å². The molecule has 0 radical (unpaired) electrons. The zero-order chi connectivity index (χ0) is 10.9. The monoisotopic (exact) mass is 199 g/mol. The highest BCUT2D eigenvalue weighted by Gasteiger charge is 2.13. The molecule has 1 nitrogen and oxygen atoms in total. The Labute approximate surface area is 91.2 Å². The van der Waals surface area contributed by atoms with Crippen LogP contribution in [-0.4, -0.2) is 4.98 Å². The minimum Gasteiger partial charge on any atom is -0.367 e. The van der Waals surface area contributed by atoms with Crippen molar-refractivity contribution in [3.05, 3.63) is 48.3 Å². The van der Waals surface area contributed by atoms with Gasteiger partial charge in [-0.1, -0.05) is 45.0 Å². The van der Waals surface area contributed by atoms with Crippen LogP contribution >= 0.6 is 0 Å². The number of rotatable bonds is 1. The summed E-state index contributed by atoms with van der Waals surface area (Å²) < 4.78 is 0. The van der Waals surface area contributed by atoms with Crippen molar-refractivity contribution in [3.8, 4) is 11.1 Å². The lowest BCUT2D eigenvalue weighted by Gasteiger charge is -2.19. The van der Waals surface area contributed by atoms with E-state index in [4.69, 9.17) is 0 Å². The number of nitrogens with one attached hydrogen (secondary N) is 1. The molecule has 0 saturated carbocycles. The highest BCUT2D eigenvalue weighted by atomic mass is 14.6. The van der Waals surface area contributed by atoms with Gasteiger partial charge in [-0.25, -0.2) is 0 Å². The van der Waals surface area contributed by atoms with Crippen LogP contribution in [0.25, 0.3) is 11.1 Å².